The molecule has 1 N–H and O–H groups in total. The molecule has 0 aliphatic heterocycles. The highest BCUT2D eigenvalue weighted by atomic mass is 16.3. The van der Waals surface area contributed by atoms with Gasteiger partial charge in [-0.3, -0.25) is 0 Å². The fourth-order valence-corrected chi connectivity index (χ4v) is 13.1. The molecule has 8 aliphatic rings. The van der Waals surface area contributed by atoms with Gasteiger partial charge in [-0.2, -0.15) is 0 Å². The first-order chi connectivity index (χ1) is 15.9. The molecule has 0 saturated heterocycles. The van der Waals surface area contributed by atoms with Crippen LogP contribution in [0.3, 0.4) is 0 Å². The number of rotatable bonds is 4. The van der Waals surface area contributed by atoms with Crippen molar-refractivity contribution >= 4 is 0 Å². The van der Waals surface area contributed by atoms with E-state index in [1.54, 1.807) is 70.6 Å². The second kappa shape index (κ2) is 7.73. The molecule has 8 saturated carbocycles. The minimum absolute atomic E-state index is 0.00156. The van der Waals surface area contributed by atoms with Crippen molar-refractivity contribution in [2.75, 3.05) is 0 Å². The van der Waals surface area contributed by atoms with E-state index in [2.05, 4.69) is 13.8 Å². The zero-order valence-electron chi connectivity index (χ0n) is 21.9. The van der Waals surface area contributed by atoms with Crippen molar-refractivity contribution in [2.45, 2.75) is 136 Å². The smallest absolute Gasteiger partial charge is 0.0543 e. The monoisotopic (exact) mass is 452 g/mol. The van der Waals surface area contributed by atoms with Gasteiger partial charge in [-0.15, -0.1) is 0 Å². The molecule has 8 atom stereocenters. The van der Waals surface area contributed by atoms with E-state index in [0.29, 0.717) is 10.8 Å². The molecule has 8 rings (SSSR count). The molecule has 1 nitrogen and oxygen atoms in total. The van der Waals surface area contributed by atoms with Gasteiger partial charge in [0.15, 0.2) is 0 Å². The van der Waals surface area contributed by atoms with Gasteiger partial charge < -0.3 is 5.11 Å². The van der Waals surface area contributed by atoms with Crippen LogP contribution in [-0.2, 0) is 0 Å². The summed E-state index contributed by atoms with van der Waals surface area (Å²) in [5, 5.41) is 10.3. The lowest BCUT2D eigenvalue weighted by Gasteiger charge is -2.61. The van der Waals surface area contributed by atoms with E-state index in [-0.39, 0.29) is 6.10 Å². The lowest BCUT2D eigenvalue weighted by molar-refractivity contribution is -0.127. The molecule has 0 aromatic carbocycles. The second-order valence-corrected chi connectivity index (χ2v) is 15.7. The van der Waals surface area contributed by atoms with Gasteiger partial charge in [0, 0.05) is 0 Å². The van der Waals surface area contributed by atoms with Gasteiger partial charge in [0.1, 0.15) is 0 Å². The standard InChI is InChI=1S/C32H52O/c1-30-13-10-29-27(7-5-25-17-26(33)9-12-31(25,29)2)28(30)8-6-24(30)4-3-11-32-18-21-14-22(19-32)16-23(15-21)20-32/h21-29,33H,3-20H2,1-2H3/t21?,22?,23?,24-,25-,26-,27-,28-,29-,30+,31-,32?/m0/s1. The number of hydrogen-bond donors (Lipinski definition) is 1. The van der Waals surface area contributed by atoms with Crippen molar-refractivity contribution in [3.63, 3.8) is 0 Å². The number of aliphatic hydroxyl groups is 1. The van der Waals surface area contributed by atoms with Gasteiger partial charge in [-0.25, -0.2) is 0 Å². The Morgan fingerprint density at radius 2 is 1.36 bits per heavy atom. The van der Waals surface area contributed by atoms with E-state index >= 15 is 0 Å². The van der Waals surface area contributed by atoms with E-state index < -0.39 is 0 Å². The SMILES string of the molecule is C[C@]12CC[C@H](O)C[C@@H]1CC[C@@H]1[C@@H]2CC[C@]2(C)[C@@H](CCCC34CC5CC(CC(C5)C3)C4)CC[C@@H]12. The van der Waals surface area contributed by atoms with Crippen LogP contribution in [0.1, 0.15) is 129 Å². The Kier molecular flexibility index (Phi) is 5.19. The number of hydrogen-bond acceptors (Lipinski definition) is 1. The zero-order valence-corrected chi connectivity index (χ0v) is 21.9. The summed E-state index contributed by atoms with van der Waals surface area (Å²) in [6, 6.07) is 0. The largest absolute Gasteiger partial charge is 0.393 e. The summed E-state index contributed by atoms with van der Waals surface area (Å²) in [5.41, 5.74) is 1.99. The van der Waals surface area contributed by atoms with Crippen LogP contribution in [0.2, 0.25) is 0 Å². The van der Waals surface area contributed by atoms with Crippen molar-refractivity contribution in [3.05, 3.63) is 0 Å². The van der Waals surface area contributed by atoms with Crippen LogP contribution >= 0.6 is 0 Å². The zero-order chi connectivity index (χ0) is 22.4. The van der Waals surface area contributed by atoms with Gasteiger partial charge in [0.2, 0.25) is 0 Å². The van der Waals surface area contributed by atoms with Crippen LogP contribution in [0, 0.1) is 63.6 Å². The molecule has 0 amide bonds. The maximum atomic E-state index is 10.3. The molecule has 1 heteroatoms. The molecular formula is C32H52O. The third-order valence-electron chi connectivity index (χ3n) is 14.3. The Labute approximate surface area is 204 Å². The van der Waals surface area contributed by atoms with Crippen LogP contribution in [0.5, 0.6) is 0 Å². The summed E-state index contributed by atoms with van der Waals surface area (Å²) in [6.07, 6.45) is 26.8. The molecule has 8 aliphatic carbocycles. The highest BCUT2D eigenvalue weighted by Gasteiger charge is 2.60. The van der Waals surface area contributed by atoms with E-state index in [0.717, 1.165) is 65.6 Å². The summed E-state index contributed by atoms with van der Waals surface area (Å²) < 4.78 is 0. The second-order valence-electron chi connectivity index (χ2n) is 15.7. The first-order valence-electron chi connectivity index (χ1n) is 15.5. The van der Waals surface area contributed by atoms with Gasteiger partial charge >= 0.3 is 0 Å². The quantitative estimate of drug-likeness (QED) is 0.454. The lowest BCUT2D eigenvalue weighted by atomic mass is 9.44. The minimum atomic E-state index is -0.00156. The normalized spacial score (nSPS) is 59.2. The first-order valence-corrected chi connectivity index (χ1v) is 15.5. The van der Waals surface area contributed by atoms with Crippen molar-refractivity contribution in [3.8, 4) is 0 Å². The topological polar surface area (TPSA) is 20.2 Å². The van der Waals surface area contributed by atoms with Gasteiger partial charge in [0.05, 0.1) is 6.10 Å². The van der Waals surface area contributed by atoms with Gasteiger partial charge in [0.25, 0.3) is 0 Å². The Balaban J connectivity index is 1.01. The van der Waals surface area contributed by atoms with Gasteiger partial charge in [-0.1, -0.05) is 20.3 Å². The molecule has 33 heavy (non-hydrogen) atoms. The summed E-state index contributed by atoms with van der Waals surface area (Å²) in [4.78, 5) is 0. The van der Waals surface area contributed by atoms with Crippen molar-refractivity contribution in [1.82, 2.24) is 0 Å². The third kappa shape index (κ3) is 3.39. The van der Waals surface area contributed by atoms with Crippen LogP contribution in [0.25, 0.3) is 0 Å². The maximum Gasteiger partial charge on any atom is 0.0543 e. The predicted octanol–water partition coefficient (Wildman–Crippen LogP) is 8.39. The Morgan fingerprint density at radius 3 is 2.09 bits per heavy atom. The summed E-state index contributed by atoms with van der Waals surface area (Å²) >= 11 is 0. The number of fused-ring (bicyclic) bond motifs is 5. The number of aliphatic hydroxyl groups excluding tert-OH is 1. The van der Waals surface area contributed by atoms with Crippen molar-refractivity contribution in [2.24, 2.45) is 63.6 Å². The van der Waals surface area contributed by atoms with Crippen LogP contribution in [-0.4, -0.2) is 11.2 Å². The Hall–Kier alpha value is -0.0400. The van der Waals surface area contributed by atoms with E-state index in [4.69, 9.17) is 0 Å². The molecule has 186 valence electrons. The molecule has 4 bridgehead atoms. The third-order valence-corrected chi connectivity index (χ3v) is 14.3. The molecular weight excluding hydrogens is 400 g/mol. The van der Waals surface area contributed by atoms with Crippen molar-refractivity contribution < 1.29 is 5.11 Å². The summed E-state index contributed by atoms with van der Waals surface area (Å²) in [6.45, 7) is 5.41. The molecule has 8 fully saturated rings. The minimum Gasteiger partial charge on any atom is -0.393 e. The first kappa shape index (κ1) is 22.2. The average molecular weight is 453 g/mol. The fraction of sp³-hybridized carbons (Fsp3) is 1.00. The van der Waals surface area contributed by atoms with Crippen LogP contribution in [0.4, 0.5) is 0 Å². The summed E-state index contributed by atoms with van der Waals surface area (Å²) in [5.74, 6) is 8.19. The Morgan fingerprint density at radius 1 is 0.697 bits per heavy atom. The molecule has 0 aromatic heterocycles. The van der Waals surface area contributed by atoms with Crippen molar-refractivity contribution in [1.29, 1.82) is 0 Å². The van der Waals surface area contributed by atoms with E-state index in [1.165, 1.54) is 32.1 Å². The summed E-state index contributed by atoms with van der Waals surface area (Å²) in [7, 11) is 0. The average Bonchev–Trinajstić information content (AvgIpc) is 3.10. The highest BCUT2D eigenvalue weighted by molar-refractivity contribution is 5.09. The van der Waals surface area contributed by atoms with Crippen LogP contribution < -0.4 is 0 Å². The lowest BCUT2D eigenvalue weighted by Crippen LogP contribution is -2.53. The van der Waals surface area contributed by atoms with E-state index in [9.17, 15) is 5.11 Å². The molecule has 0 unspecified atom stereocenters. The van der Waals surface area contributed by atoms with Gasteiger partial charge in [-0.05, 0) is 173 Å². The Bertz CT molecular complexity index is 720. The highest BCUT2D eigenvalue weighted by Crippen LogP contribution is 2.68. The molecule has 0 heterocycles. The predicted molar refractivity (Wildman–Crippen MR) is 136 cm³/mol. The maximum absolute atomic E-state index is 10.3. The molecule has 0 aromatic rings. The molecule has 0 radical (unpaired) electrons. The molecule has 0 spiro atoms. The fourth-order valence-electron chi connectivity index (χ4n) is 13.1. The van der Waals surface area contributed by atoms with E-state index in [1.807, 2.05) is 0 Å². The van der Waals surface area contributed by atoms with Crippen LogP contribution in [0.15, 0.2) is 0 Å².